The number of carbonyl (C=O) groups excluding carboxylic acids is 5. The maximum absolute atomic E-state index is 14.2. The summed E-state index contributed by atoms with van der Waals surface area (Å²) in [6, 6.07) is 20.2. The van der Waals surface area contributed by atoms with E-state index in [1.165, 1.54) is 7.05 Å². The van der Waals surface area contributed by atoms with Crippen LogP contribution in [0.5, 0.6) is 5.75 Å². The molecule has 2 heterocycles. The van der Waals surface area contributed by atoms with Crippen molar-refractivity contribution in [1.82, 2.24) is 4.90 Å². The van der Waals surface area contributed by atoms with Crippen molar-refractivity contribution in [3.05, 3.63) is 107 Å². The fourth-order valence-corrected chi connectivity index (χ4v) is 8.79. The first-order valence-electron chi connectivity index (χ1n) is 14.7. The zero-order valence-corrected chi connectivity index (χ0v) is 25.9. The third kappa shape index (κ3) is 3.88. The van der Waals surface area contributed by atoms with Crippen LogP contribution >= 0.6 is 23.2 Å². The van der Waals surface area contributed by atoms with E-state index in [2.05, 4.69) is 0 Å². The van der Waals surface area contributed by atoms with Gasteiger partial charge in [-0.2, -0.15) is 0 Å². The highest BCUT2D eigenvalue weighted by molar-refractivity contribution is 6.53. The largest absolute Gasteiger partial charge is 0.507 e. The second-order valence-corrected chi connectivity index (χ2v) is 13.5. The molecule has 1 saturated carbocycles. The number of imide groups is 2. The molecule has 0 unspecified atom stereocenters. The summed E-state index contributed by atoms with van der Waals surface area (Å²) >= 11 is 14.4. The van der Waals surface area contributed by atoms with Gasteiger partial charge in [0.25, 0.3) is 11.8 Å². The molecule has 3 aromatic rings. The molecule has 0 spiro atoms. The van der Waals surface area contributed by atoms with Gasteiger partial charge in [-0.25, -0.2) is 0 Å². The highest BCUT2D eigenvalue weighted by Gasteiger charge is 2.76. The van der Waals surface area contributed by atoms with Crippen molar-refractivity contribution < 1.29 is 29.1 Å². The summed E-state index contributed by atoms with van der Waals surface area (Å²) in [5.41, 5.74) is 2.73. The summed E-state index contributed by atoms with van der Waals surface area (Å²) in [5, 5.41) is 11.2. The molecule has 4 amide bonds. The molecule has 8 nitrogen and oxygen atoms in total. The fourth-order valence-electron chi connectivity index (χ4n) is 7.78. The van der Waals surface area contributed by atoms with Crippen molar-refractivity contribution in [2.75, 3.05) is 11.9 Å². The molecule has 45 heavy (non-hydrogen) atoms. The predicted molar refractivity (Wildman–Crippen MR) is 167 cm³/mol. The lowest BCUT2D eigenvalue weighted by atomic mass is 9.56. The number of aryl methyl sites for hydroxylation is 1. The maximum Gasteiger partial charge on any atom is 0.253 e. The number of halogens is 2. The molecule has 2 aliphatic heterocycles. The Labute approximate surface area is 269 Å². The van der Waals surface area contributed by atoms with Crippen LogP contribution in [0.15, 0.2) is 84.4 Å². The van der Waals surface area contributed by atoms with Crippen molar-refractivity contribution in [3.8, 4) is 5.75 Å². The highest BCUT2D eigenvalue weighted by atomic mass is 35.5. The maximum atomic E-state index is 14.2. The molecule has 3 fully saturated rings. The van der Waals surface area contributed by atoms with Gasteiger partial charge in [0.15, 0.2) is 15.5 Å². The number of para-hydroxylation sites is 1. The Morgan fingerprint density at radius 2 is 1.51 bits per heavy atom. The van der Waals surface area contributed by atoms with Gasteiger partial charge < -0.3 is 5.11 Å². The first-order valence-corrected chi connectivity index (χ1v) is 15.4. The number of hydrogen-bond donors (Lipinski definition) is 1. The van der Waals surface area contributed by atoms with Gasteiger partial charge >= 0.3 is 0 Å². The van der Waals surface area contributed by atoms with Crippen LogP contribution in [0.1, 0.15) is 45.8 Å². The van der Waals surface area contributed by atoms with E-state index in [9.17, 15) is 29.1 Å². The van der Waals surface area contributed by atoms with Gasteiger partial charge in [0.2, 0.25) is 11.8 Å². The number of ketones is 1. The normalized spacial score (nSPS) is 30.6. The molecule has 7 rings (SSSR count). The molecule has 3 aromatic carbocycles. The Bertz CT molecular complexity index is 1860. The summed E-state index contributed by atoms with van der Waals surface area (Å²) in [7, 11) is 1.32. The van der Waals surface area contributed by atoms with E-state index in [0.29, 0.717) is 33.5 Å². The molecule has 10 heteroatoms. The average molecular weight is 644 g/mol. The van der Waals surface area contributed by atoms with Crippen LogP contribution in [0.3, 0.4) is 0 Å². The van der Waals surface area contributed by atoms with Crippen LogP contribution in [0, 0.1) is 24.7 Å². The number of allylic oxidation sites excluding steroid dienone is 2. The number of benzene rings is 3. The summed E-state index contributed by atoms with van der Waals surface area (Å²) in [6.45, 7) is 1.71. The van der Waals surface area contributed by atoms with Crippen molar-refractivity contribution in [1.29, 1.82) is 0 Å². The van der Waals surface area contributed by atoms with Gasteiger partial charge in [-0.15, -0.1) is 23.2 Å². The number of carbonyl (C=O) groups is 5. The number of amides is 4. The van der Waals surface area contributed by atoms with E-state index in [4.69, 9.17) is 23.2 Å². The Hall–Kier alpha value is -4.27. The van der Waals surface area contributed by atoms with Crippen LogP contribution in [0.2, 0.25) is 0 Å². The second-order valence-electron chi connectivity index (χ2n) is 12.3. The van der Waals surface area contributed by atoms with Gasteiger partial charge in [-0.3, -0.25) is 33.8 Å². The van der Waals surface area contributed by atoms with E-state index in [-0.39, 0.29) is 24.4 Å². The second kappa shape index (κ2) is 10.1. The number of phenols is 1. The number of anilines is 1. The van der Waals surface area contributed by atoms with Crippen LogP contribution in [-0.2, 0) is 19.2 Å². The van der Waals surface area contributed by atoms with Crippen LogP contribution in [0.4, 0.5) is 5.69 Å². The monoisotopic (exact) mass is 642 g/mol. The zero-order chi connectivity index (χ0) is 32.0. The number of fused-ring (bicyclic) bond motifs is 4. The quantitative estimate of drug-likeness (QED) is 0.183. The van der Waals surface area contributed by atoms with Crippen molar-refractivity contribution in [3.63, 3.8) is 0 Å². The van der Waals surface area contributed by atoms with Crippen LogP contribution in [0.25, 0.3) is 0 Å². The molecular weight excluding hydrogens is 615 g/mol. The van der Waals surface area contributed by atoms with Gasteiger partial charge in [0.05, 0.1) is 17.5 Å². The number of rotatable bonds is 4. The molecule has 4 aliphatic rings. The van der Waals surface area contributed by atoms with Crippen molar-refractivity contribution in [2.45, 2.75) is 35.4 Å². The predicted octanol–water partition coefficient (Wildman–Crippen LogP) is 5.12. The Morgan fingerprint density at radius 3 is 2.20 bits per heavy atom. The van der Waals surface area contributed by atoms with E-state index in [1.54, 1.807) is 73.7 Å². The molecule has 0 radical (unpaired) electrons. The molecular formula is C35H28Cl2N2O6. The lowest BCUT2D eigenvalue weighted by Gasteiger charge is -2.50. The topological polar surface area (TPSA) is 112 Å². The van der Waals surface area contributed by atoms with Gasteiger partial charge in [-0.1, -0.05) is 60.2 Å². The van der Waals surface area contributed by atoms with E-state index in [1.807, 2.05) is 12.1 Å². The van der Waals surface area contributed by atoms with Gasteiger partial charge in [0.1, 0.15) is 5.75 Å². The smallest absolute Gasteiger partial charge is 0.253 e. The van der Waals surface area contributed by atoms with Crippen LogP contribution < -0.4 is 4.90 Å². The van der Waals surface area contributed by atoms with Gasteiger partial charge in [0, 0.05) is 29.7 Å². The summed E-state index contributed by atoms with van der Waals surface area (Å²) in [5.74, 6) is -5.82. The lowest BCUT2D eigenvalue weighted by molar-refractivity contribution is -0.138. The number of aromatic hydroxyl groups is 1. The molecule has 2 saturated heterocycles. The summed E-state index contributed by atoms with van der Waals surface area (Å²) in [6.07, 6.45) is 1.89. The average Bonchev–Trinajstić information content (AvgIpc) is 3.37. The number of alkyl halides is 2. The Morgan fingerprint density at radius 1 is 0.844 bits per heavy atom. The Kier molecular flexibility index (Phi) is 6.62. The third-order valence-corrected chi connectivity index (χ3v) is 11.4. The summed E-state index contributed by atoms with van der Waals surface area (Å²) < 4.78 is 0. The Balaban J connectivity index is 1.29. The first kappa shape index (κ1) is 29.4. The fraction of sp³-hybridized carbons (Fsp3) is 0.286. The molecule has 1 N–H and O–H groups in total. The van der Waals surface area contributed by atoms with E-state index >= 15 is 0 Å². The first-order chi connectivity index (χ1) is 21.4. The van der Waals surface area contributed by atoms with Gasteiger partial charge in [-0.05, 0) is 55.5 Å². The van der Waals surface area contributed by atoms with Crippen LogP contribution in [-0.4, -0.2) is 56.2 Å². The van der Waals surface area contributed by atoms with E-state index < -0.39 is 57.0 Å². The minimum Gasteiger partial charge on any atom is -0.507 e. The molecule has 6 atom stereocenters. The summed E-state index contributed by atoms with van der Waals surface area (Å²) in [4.78, 5) is 66.5. The molecule has 0 aromatic heterocycles. The number of phenolic OH excluding ortho intramolecular Hbond substituents is 1. The number of likely N-dealkylation sites (tertiary alicyclic amines) is 1. The van der Waals surface area contributed by atoms with Crippen molar-refractivity contribution >= 4 is 58.3 Å². The molecule has 2 aliphatic carbocycles. The lowest BCUT2D eigenvalue weighted by Crippen LogP contribution is -2.60. The standard InChI is InChI=1S/C35H28Cl2N2O6/c1-18-7-6-10-24(28(18)40)27-22-15-16-23-26(25(22)17-34(36)32(44)38(2)33(45)35(27,34)37)31(43)39(30(23)42)21-13-11-20(12-14-21)29(41)19-8-4-3-5-9-19/h3-15,23,25-27,40H,16-17H2,1-2H3/t23-,25+,26-,27+,34+,35-/m0/s1. The molecule has 0 bridgehead atoms. The minimum atomic E-state index is -1.96. The minimum absolute atomic E-state index is 0.0828. The SMILES string of the molecule is Cc1cccc([C@H]2C3=CC[C@@H]4C(=O)N(c5ccc(C(=O)c6ccccc6)cc5)C(=O)[C@@H]4[C@@H]3C[C@@]3(Cl)C(=O)N(C)C(=O)[C@@]23Cl)c1O. The number of hydrogen-bond acceptors (Lipinski definition) is 6. The van der Waals surface area contributed by atoms with Crippen molar-refractivity contribution in [2.24, 2.45) is 17.8 Å². The number of nitrogens with zero attached hydrogens (tertiary/aromatic N) is 2. The van der Waals surface area contributed by atoms with E-state index in [0.717, 1.165) is 9.80 Å². The molecule has 228 valence electrons. The third-order valence-electron chi connectivity index (χ3n) is 10.0. The zero-order valence-electron chi connectivity index (χ0n) is 24.4. The highest BCUT2D eigenvalue weighted by Crippen LogP contribution is 2.66.